The Morgan fingerprint density at radius 2 is 1.83 bits per heavy atom. The Kier molecular flexibility index (Phi) is 5.90. The summed E-state index contributed by atoms with van der Waals surface area (Å²) in [5.74, 6) is 0.900. The van der Waals surface area contributed by atoms with Crippen LogP contribution in [0.5, 0.6) is 11.5 Å². The van der Waals surface area contributed by atoms with Crippen LogP contribution in [0.25, 0.3) is 6.08 Å². The van der Waals surface area contributed by atoms with Crippen LogP contribution in [0.4, 0.5) is 5.69 Å². The second kappa shape index (κ2) is 7.90. The van der Waals surface area contributed by atoms with Gasteiger partial charge in [0.25, 0.3) is 0 Å². The summed E-state index contributed by atoms with van der Waals surface area (Å²) >= 11 is 11.9. The molecular weight excluding hydrogens is 337 g/mol. The van der Waals surface area contributed by atoms with Crippen molar-refractivity contribution < 1.29 is 14.3 Å². The van der Waals surface area contributed by atoms with Gasteiger partial charge in [-0.15, -0.1) is 0 Å². The molecular formula is C17H15Cl2NO3. The normalized spacial score (nSPS) is 10.6. The Balaban J connectivity index is 2.10. The molecule has 0 radical (unpaired) electrons. The van der Waals surface area contributed by atoms with Gasteiger partial charge in [-0.25, -0.2) is 0 Å². The molecule has 0 aliphatic heterocycles. The van der Waals surface area contributed by atoms with E-state index in [0.717, 1.165) is 5.56 Å². The minimum atomic E-state index is -0.316. The van der Waals surface area contributed by atoms with Gasteiger partial charge in [-0.1, -0.05) is 35.3 Å². The Morgan fingerprint density at radius 3 is 2.52 bits per heavy atom. The molecule has 0 saturated carbocycles. The van der Waals surface area contributed by atoms with Crippen molar-refractivity contribution >= 4 is 40.9 Å². The predicted octanol–water partition coefficient (Wildman–Crippen LogP) is 4.66. The van der Waals surface area contributed by atoms with Crippen LogP contribution in [-0.4, -0.2) is 20.1 Å². The monoisotopic (exact) mass is 351 g/mol. The summed E-state index contributed by atoms with van der Waals surface area (Å²) in [6.07, 6.45) is 3.06. The fourth-order valence-electron chi connectivity index (χ4n) is 1.90. The van der Waals surface area contributed by atoms with Crippen LogP contribution in [0.2, 0.25) is 10.0 Å². The van der Waals surface area contributed by atoms with Crippen LogP contribution >= 0.6 is 23.2 Å². The molecule has 120 valence electrons. The fraction of sp³-hybridized carbons (Fsp3) is 0.118. The summed E-state index contributed by atoms with van der Waals surface area (Å²) in [5.41, 5.74) is 1.26. The summed E-state index contributed by atoms with van der Waals surface area (Å²) in [4.78, 5) is 12.0. The number of carbonyl (C=O) groups excluding carboxylic acids is 1. The highest BCUT2D eigenvalue weighted by atomic mass is 35.5. The molecule has 2 rings (SSSR count). The molecule has 0 saturated heterocycles. The van der Waals surface area contributed by atoms with Crippen LogP contribution < -0.4 is 14.8 Å². The highest BCUT2D eigenvalue weighted by Crippen LogP contribution is 2.30. The van der Waals surface area contributed by atoms with Crippen LogP contribution in [-0.2, 0) is 4.79 Å². The van der Waals surface area contributed by atoms with E-state index in [4.69, 9.17) is 32.7 Å². The maximum absolute atomic E-state index is 12.0. The number of benzene rings is 2. The van der Waals surface area contributed by atoms with Gasteiger partial charge in [-0.05, 0) is 35.9 Å². The van der Waals surface area contributed by atoms with E-state index in [1.54, 1.807) is 50.6 Å². The van der Waals surface area contributed by atoms with Crippen molar-refractivity contribution in [3.05, 3.63) is 58.1 Å². The molecule has 2 aromatic carbocycles. The van der Waals surface area contributed by atoms with Crippen LogP contribution in [0.3, 0.4) is 0 Å². The zero-order chi connectivity index (χ0) is 16.8. The molecule has 2 aromatic rings. The highest BCUT2D eigenvalue weighted by molar-refractivity contribution is 6.44. The van der Waals surface area contributed by atoms with E-state index in [1.165, 1.54) is 6.08 Å². The number of hydrogen-bond acceptors (Lipinski definition) is 3. The van der Waals surface area contributed by atoms with E-state index in [-0.39, 0.29) is 5.91 Å². The van der Waals surface area contributed by atoms with Crippen molar-refractivity contribution in [3.63, 3.8) is 0 Å². The van der Waals surface area contributed by atoms with Crippen LogP contribution in [0, 0.1) is 0 Å². The Bertz CT molecular complexity index is 745. The third-order valence-electron chi connectivity index (χ3n) is 3.04. The Hall–Kier alpha value is -2.17. The van der Waals surface area contributed by atoms with Gasteiger partial charge in [0.2, 0.25) is 5.91 Å². The van der Waals surface area contributed by atoms with E-state index >= 15 is 0 Å². The smallest absolute Gasteiger partial charge is 0.248 e. The lowest BCUT2D eigenvalue weighted by Gasteiger charge is -2.08. The molecule has 0 aliphatic carbocycles. The third kappa shape index (κ3) is 4.41. The summed E-state index contributed by atoms with van der Waals surface area (Å²) < 4.78 is 10.4. The number of carbonyl (C=O) groups is 1. The molecule has 23 heavy (non-hydrogen) atoms. The van der Waals surface area contributed by atoms with Gasteiger partial charge in [0.1, 0.15) is 0 Å². The van der Waals surface area contributed by atoms with Crippen LogP contribution in [0.15, 0.2) is 42.5 Å². The number of amides is 1. The van der Waals surface area contributed by atoms with Crippen molar-refractivity contribution in [3.8, 4) is 11.5 Å². The largest absolute Gasteiger partial charge is 0.493 e. The fourth-order valence-corrected chi connectivity index (χ4v) is 2.25. The predicted molar refractivity (Wildman–Crippen MR) is 93.7 cm³/mol. The van der Waals surface area contributed by atoms with Gasteiger partial charge in [0.05, 0.1) is 30.0 Å². The minimum Gasteiger partial charge on any atom is -0.493 e. The van der Waals surface area contributed by atoms with Crippen molar-refractivity contribution in [2.45, 2.75) is 0 Å². The second-order valence-corrected chi connectivity index (χ2v) is 5.32. The highest BCUT2D eigenvalue weighted by Gasteiger charge is 2.07. The maximum atomic E-state index is 12.0. The van der Waals surface area contributed by atoms with Gasteiger partial charge in [-0.2, -0.15) is 0 Å². The molecule has 0 aliphatic rings. The zero-order valence-electron chi connectivity index (χ0n) is 12.6. The van der Waals surface area contributed by atoms with Gasteiger partial charge >= 0.3 is 0 Å². The molecule has 0 aromatic heterocycles. The first-order valence-electron chi connectivity index (χ1n) is 6.70. The summed E-state index contributed by atoms with van der Waals surface area (Å²) in [6.45, 7) is 0. The standard InChI is InChI=1S/C17H15Cl2NO3/c1-22-14-8-6-11(10-15(14)23-2)7-9-16(21)20-13-5-3-4-12(18)17(13)19/h3-10H,1-2H3,(H,20,21). The molecule has 0 atom stereocenters. The van der Waals surface area contributed by atoms with Gasteiger partial charge in [-0.3, -0.25) is 4.79 Å². The average Bonchev–Trinajstić information content (AvgIpc) is 2.56. The number of anilines is 1. The number of hydrogen-bond donors (Lipinski definition) is 1. The quantitative estimate of drug-likeness (QED) is 0.796. The molecule has 0 heterocycles. The first-order valence-corrected chi connectivity index (χ1v) is 7.46. The zero-order valence-corrected chi connectivity index (χ0v) is 14.1. The van der Waals surface area contributed by atoms with E-state index < -0.39 is 0 Å². The lowest BCUT2D eigenvalue weighted by Crippen LogP contribution is -2.08. The number of rotatable bonds is 5. The molecule has 0 unspecified atom stereocenters. The van der Waals surface area contributed by atoms with Crippen molar-refractivity contribution in [1.82, 2.24) is 0 Å². The summed E-state index contributed by atoms with van der Waals surface area (Å²) in [6, 6.07) is 10.4. The first kappa shape index (κ1) is 17.2. The lowest BCUT2D eigenvalue weighted by atomic mass is 10.2. The second-order valence-electron chi connectivity index (χ2n) is 4.54. The summed E-state index contributed by atoms with van der Waals surface area (Å²) in [7, 11) is 3.12. The number of halogens is 2. The lowest BCUT2D eigenvalue weighted by molar-refractivity contribution is -0.111. The van der Waals surface area contributed by atoms with E-state index in [2.05, 4.69) is 5.32 Å². The Morgan fingerprint density at radius 1 is 1.09 bits per heavy atom. The molecule has 0 spiro atoms. The van der Waals surface area contributed by atoms with Gasteiger partial charge in [0, 0.05) is 6.08 Å². The first-order chi connectivity index (χ1) is 11.0. The molecule has 4 nitrogen and oxygen atoms in total. The molecule has 0 bridgehead atoms. The van der Waals surface area contributed by atoms with Crippen LogP contribution in [0.1, 0.15) is 5.56 Å². The average molecular weight is 352 g/mol. The Labute approximate surface area is 144 Å². The third-order valence-corrected chi connectivity index (χ3v) is 3.86. The van der Waals surface area contributed by atoms with Crippen molar-refractivity contribution in [2.24, 2.45) is 0 Å². The summed E-state index contributed by atoms with van der Waals surface area (Å²) in [5, 5.41) is 3.36. The molecule has 0 fully saturated rings. The SMILES string of the molecule is COc1ccc(C=CC(=O)Nc2cccc(Cl)c2Cl)cc1OC. The molecule has 1 amide bonds. The van der Waals surface area contributed by atoms with Gasteiger partial charge < -0.3 is 14.8 Å². The molecule has 6 heteroatoms. The van der Waals surface area contributed by atoms with E-state index in [0.29, 0.717) is 27.2 Å². The van der Waals surface area contributed by atoms with Crippen molar-refractivity contribution in [1.29, 1.82) is 0 Å². The molecule has 1 N–H and O–H groups in total. The minimum absolute atomic E-state index is 0.307. The van der Waals surface area contributed by atoms with Gasteiger partial charge in [0.15, 0.2) is 11.5 Å². The topological polar surface area (TPSA) is 47.6 Å². The van der Waals surface area contributed by atoms with E-state index in [9.17, 15) is 4.79 Å². The number of nitrogens with one attached hydrogen (secondary N) is 1. The number of methoxy groups -OCH3 is 2. The van der Waals surface area contributed by atoms with Crippen molar-refractivity contribution in [2.75, 3.05) is 19.5 Å². The maximum Gasteiger partial charge on any atom is 0.248 e. The number of ether oxygens (including phenoxy) is 2. The van der Waals surface area contributed by atoms with E-state index in [1.807, 2.05) is 6.07 Å².